The van der Waals surface area contributed by atoms with Gasteiger partial charge in [-0.15, -0.1) is 0 Å². The zero-order valence-electron chi connectivity index (χ0n) is 14.6. The van der Waals surface area contributed by atoms with Gasteiger partial charge in [0.15, 0.2) is 0 Å². The van der Waals surface area contributed by atoms with E-state index in [2.05, 4.69) is 28.1 Å². The number of nitrogens with zero attached hydrogens (tertiary/aromatic N) is 2. The van der Waals surface area contributed by atoms with Crippen molar-refractivity contribution in [2.75, 3.05) is 13.7 Å². The number of benzene rings is 2. The molecule has 0 saturated carbocycles. The minimum absolute atomic E-state index is 0.00504. The second-order valence-electron chi connectivity index (χ2n) is 6.11. The molecule has 0 aliphatic carbocycles. The molecule has 0 spiro atoms. The number of nitrogens with one attached hydrogen (secondary N) is 1. The lowest BCUT2D eigenvalue weighted by atomic mass is 10.2. The lowest BCUT2D eigenvalue weighted by molar-refractivity contribution is -0.122. The van der Waals surface area contributed by atoms with Gasteiger partial charge in [0.05, 0.1) is 17.6 Å². The highest BCUT2D eigenvalue weighted by atomic mass is 16.5. The van der Waals surface area contributed by atoms with E-state index in [1.54, 1.807) is 7.11 Å². The molecule has 1 amide bonds. The number of carbonyl (C=O) groups excluding carboxylic acids is 1. The van der Waals surface area contributed by atoms with E-state index in [1.807, 2.05) is 43.3 Å². The Morgan fingerprint density at radius 1 is 1.16 bits per heavy atom. The van der Waals surface area contributed by atoms with Crippen LogP contribution in [0.3, 0.4) is 0 Å². The molecule has 1 N–H and O–H groups in total. The molecule has 0 aliphatic rings. The molecule has 130 valence electrons. The number of methoxy groups -OCH3 is 1. The first-order valence-electron chi connectivity index (χ1n) is 8.49. The van der Waals surface area contributed by atoms with Crippen molar-refractivity contribution in [3.63, 3.8) is 0 Å². The summed E-state index contributed by atoms with van der Waals surface area (Å²) >= 11 is 0. The Kier molecular flexibility index (Phi) is 5.46. The molecule has 1 atom stereocenters. The standard InChI is InChI=1S/C20H23N3O2/c1-15(14-25-2)21-20(24)13-12-19-22-17-10-6-7-11-18(17)23(19)16-8-4-3-5-9-16/h3-11,15H,12-14H2,1-2H3,(H,21,24). The largest absolute Gasteiger partial charge is 0.383 e. The molecule has 2 aromatic carbocycles. The first-order valence-corrected chi connectivity index (χ1v) is 8.49. The maximum absolute atomic E-state index is 12.2. The fourth-order valence-electron chi connectivity index (χ4n) is 2.97. The molecule has 0 radical (unpaired) electrons. The number of fused-ring (bicyclic) bond motifs is 1. The van der Waals surface area contributed by atoms with Crippen LogP contribution < -0.4 is 5.32 Å². The van der Waals surface area contributed by atoms with Crippen LogP contribution in [0.5, 0.6) is 0 Å². The van der Waals surface area contributed by atoms with Crippen molar-refractivity contribution in [3.05, 3.63) is 60.4 Å². The van der Waals surface area contributed by atoms with Crippen LogP contribution in [-0.2, 0) is 16.0 Å². The second-order valence-corrected chi connectivity index (χ2v) is 6.11. The van der Waals surface area contributed by atoms with E-state index in [4.69, 9.17) is 9.72 Å². The van der Waals surface area contributed by atoms with Crippen LogP contribution >= 0.6 is 0 Å². The molecule has 0 aliphatic heterocycles. The van der Waals surface area contributed by atoms with E-state index in [1.165, 1.54) is 0 Å². The minimum atomic E-state index is 0.00504. The van der Waals surface area contributed by atoms with Crippen molar-refractivity contribution in [2.45, 2.75) is 25.8 Å². The fourth-order valence-corrected chi connectivity index (χ4v) is 2.97. The van der Waals surface area contributed by atoms with Crippen molar-refractivity contribution in [3.8, 4) is 5.69 Å². The third-order valence-electron chi connectivity index (χ3n) is 4.04. The summed E-state index contributed by atoms with van der Waals surface area (Å²) in [7, 11) is 1.63. The lowest BCUT2D eigenvalue weighted by Gasteiger charge is -2.13. The van der Waals surface area contributed by atoms with Gasteiger partial charge in [-0.3, -0.25) is 9.36 Å². The van der Waals surface area contributed by atoms with Crippen LogP contribution in [0.25, 0.3) is 16.7 Å². The summed E-state index contributed by atoms with van der Waals surface area (Å²) < 4.78 is 7.18. The molecule has 3 rings (SSSR count). The summed E-state index contributed by atoms with van der Waals surface area (Å²) in [5.74, 6) is 0.901. The van der Waals surface area contributed by atoms with Crippen molar-refractivity contribution in [1.82, 2.24) is 14.9 Å². The summed E-state index contributed by atoms with van der Waals surface area (Å²) in [4.78, 5) is 16.9. The molecular formula is C20H23N3O2. The first-order chi connectivity index (χ1) is 12.2. The highest BCUT2D eigenvalue weighted by molar-refractivity contribution is 5.79. The van der Waals surface area contributed by atoms with E-state index in [0.29, 0.717) is 19.4 Å². The van der Waals surface area contributed by atoms with E-state index >= 15 is 0 Å². The molecule has 1 heterocycles. The Balaban J connectivity index is 1.83. The number of ether oxygens (including phenoxy) is 1. The number of aromatic nitrogens is 2. The number of para-hydroxylation sites is 3. The molecule has 0 saturated heterocycles. The molecule has 1 aromatic heterocycles. The van der Waals surface area contributed by atoms with Crippen molar-refractivity contribution >= 4 is 16.9 Å². The average Bonchev–Trinajstić information content (AvgIpc) is 2.99. The number of rotatable bonds is 7. The third kappa shape index (κ3) is 4.06. The first kappa shape index (κ1) is 17.2. The normalized spacial score (nSPS) is 12.2. The average molecular weight is 337 g/mol. The summed E-state index contributed by atoms with van der Waals surface area (Å²) in [5, 5.41) is 2.94. The van der Waals surface area contributed by atoms with Gasteiger partial charge in [-0.2, -0.15) is 0 Å². The smallest absolute Gasteiger partial charge is 0.220 e. The molecule has 1 unspecified atom stereocenters. The van der Waals surface area contributed by atoms with Crippen molar-refractivity contribution in [1.29, 1.82) is 0 Å². The SMILES string of the molecule is COCC(C)NC(=O)CCc1nc2ccccc2n1-c1ccccc1. The Bertz CT molecular complexity index is 843. The Hall–Kier alpha value is -2.66. The second kappa shape index (κ2) is 7.94. The zero-order valence-corrected chi connectivity index (χ0v) is 14.6. The van der Waals surface area contributed by atoms with Gasteiger partial charge in [0.2, 0.25) is 5.91 Å². The van der Waals surface area contributed by atoms with Crippen LogP contribution in [0.1, 0.15) is 19.2 Å². The van der Waals surface area contributed by atoms with Gasteiger partial charge in [0.25, 0.3) is 0 Å². The summed E-state index contributed by atoms with van der Waals surface area (Å²) in [6, 6.07) is 18.2. The maximum Gasteiger partial charge on any atom is 0.220 e. The molecular weight excluding hydrogens is 314 g/mol. The Morgan fingerprint density at radius 3 is 2.64 bits per heavy atom. The van der Waals surface area contributed by atoms with Crippen LogP contribution in [-0.4, -0.2) is 35.2 Å². The van der Waals surface area contributed by atoms with Crippen molar-refractivity contribution in [2.24, 2.45) is 0 Å². The lowest BCUT2D eigenvalue weighted by Crippen LogP contribution is -2.35. The molecule has 0 bridgehead atoms. The number of hydrogen-bond acceptors (Lipinski definition) is 3. The summed E-state index contributed by atoms with van der Waals surface area (Å²) in [6.07, 6.45) is 0.972. The van der Waals surface area contributed by atoms with E-state index in [9.17, 15) is 4.79 Å². The number of carbonyl (C=O) groups is 1. The topological polar surface area (TPSA) is 56.1 Å². The predicted molar refractivity (Wildman–Crippen MR) is 98.9 cm³/mol. The van der Waals surface area contributed by atoms with Crippen LogP contribution in [0, 0.1) is 0 Å². The molecule has 25 heavy (non-hydrogen) atoms. The van der Waals surface area contributed by atoms with Gasteiger partial charge in [-0.1, -0.05) is 30.3 Å². The quantitative estimate of drug-likeness (QED) is 0.721. The van der Waals surface area contributed by atoms with Gasteiger partial charge in [-0.05, 0) is 31.2 Å². The Labute approximate surface area is 147 Å². The van der Waals surface area contributed by atoms with Crippen LogP contribution in [0.4, 0.5) is 0 Å². The van der Waals surface area contributed by atoms with Crippen LogP contribution in [0.15, 0.2) is 54.6 Å². The number of imidazole rings is 1. The molecule has 5 heteroatoms. The van der Waals surface area contributed by atoms with Gasteiger partial charge in [-0.25, -0.2) is 4.98 Å². The number of hydrogen-bond donors (Lipinski definition) is 1. The summed E-state index contributed by atoms with van der Waals surface area (Å²) in [6.45, 7) is 2.44. The fraction of sp³-hybridized carbons (Fsp3) is 0.300. The van der Waals surface area contributed by atoms with Crippen molar-refractivity contribution < 1.29 is 9.53 Å². The summed E-state index contributed by atoms with van der Waals surface area (Å²) in [5.41, 5.74) is 3.05. The van der Waals surface area contributed by atoms with E-state index < -0.39 is 0 Å². The monoisotopic (exact) mass is 337 g/mol. The van der Waals surface area contributed by atoms with E-state index in [0.717, 1.165) is 22.5 Å². The highest BCUT2D eigenvalue weighted by Gasteiger charge is 2.14. The van der Waals surface area contributed by atoms with Gasteiger partial charge >= 0.3 is 0 Å². The van der Waals surface area contributed by atoms with Gasteiger partial charge in [0, 0.05) is 31.7 Å². The molecule has 5 nitrogen and oxygen atoms in total. The molecule has 0 fully saturated rings. The third-order valence-corrected chi connectivity index (χ3v) is 4.04. The van der Waals surface area contributed by atoms with Gasteiger partial charge in [0.1, 0.15) is 5.82 Å². The zero-order chi connectivity index (χ0) is 17.6. The number of amides is 1. The van der Waals surface area contributed by atoms with Gasteiger partial charge < -0.3 is 10.1 Å². The minimum Gasteiger partial charge on any atom is -0.383 e. The van der Waals surface area contributed by atoms with E-state index in [-0.39, 0.29) is 11.9 Å². The molecule has 3 aromatic rings. The predicted octanol–water partition coefficient (Wildman–Crippen LogP) is 3.11. The highest BCUT2D eigenvalue weighted by Crippen LogP contribution is 2.22. The maximum atomic E-state index is 12.2. The number of aryl methyl sites for hydroxylation is 1. The Morgan fingerprint density at radius 2 is 1.88 bits per heavy atom. The van der Waals surface area contributed by atoms with Crippen LogP contribution in [0.2, 0.25) is 0 Å².